The molecule has 0 bridgehead atoms. The van der Waals surface area contributed by atoms with Crippen LogP contribution in [-0.2, 0) is 16.0 Å². The van der Waals surface area contributed by atoms with Gasteiger partial charge in [-0.05, 0) is 70.2 Å². The van der Waals surface area contributed by atoms with Gasteiger partial charge in [0.15, 0.2) is 0 Å². The molecule has 3 rings (SSSR count). The molecule has 2 fully saturated rings. The smallest absolute Gasteiger partial charge is 0.312 e. The molecule has 1 aromatic heterocycles. The predicted octanol–water partition coefficient (Wildman–Crippen LogP) is 3.46. The van der Waals surface area contributed by atoms with E-state index < -0.39 is 0 Å². The van der Waals surface area contributed by atoms with E-state index in [9.17, 15) is 4.79 Å². The minimum Gasteiger partial charge on any atom is -0.466 e. The van der Waals surface area contributed by atoms with Gasteiger partial charge in [0.25, 0.3) is 0 Å². The van der Waals surface area contributed by atoms with Crippen LogP contribution in [0.2, 0.25) is 0 Å². The second kappa shape index (κ2) is 7.64. The fourth-order valence-corrected chi connectivity index (χ4v) is 4.03. The summed E-state index contributed by atoms with van der Waals surface area (Å²) in [4.78, 5) is 19.3. The van der Waals surface area contributed by atoms with Crippen LogP contribution in [0, 0.1) is 11.3 Å². The zero-order valence-corrected chi connectivity index (χ0v) is 15.0. The van der Waals surface area contributed by atoms with E-state index in [1.54, 1.807) is 0 Å². The minimum atomic E-state index is -0.221. The third-order valence-corrected chi connectivity index (χ3v) is 5.72. The second-order valence-corrected chi connectivity index (χ2v) is 7.60. The lowest BCUT2D eigenvalue weighted by Gasteiger charge is -2.42. The average Bonchev–Trinajstić information content (AvgIpc) is 3.40. The first-order chi connectivity index (χ1) is 11.6. The molecule has 24 heavy (non-hydrogen) atoms. The predicted molar refractivity (Wildman–Crippen MR) is 94.6 cm³/mol. The number of hydrogen-bond donors (Lipinski definition) is 0. The lowest BCUT2D eigenvalue weighted by molar-refractivity contribution is -0.160. The SMILES string of the molecule is CCOC(=O)C1(CC2CC2)CCN(C(C)Cc2cccnc2)CC1. The van der Waals surface area contributed by atoms with Crippen molar-refractivity contribution in [2.75, 3.05) is 19.7 Å². The monoisotopic (exact) mass is 330 g/mol. The van der Waals surface area contributed by atoms with Gasteiger partial charge in [0.05, 0.1) is 12.0 Å². The number of carbonyl (C=O) groups excluding carboxylic acids is 1. The lowest BCUT2D eigenvalue weighted by atomic mass is 9.74. The fourth-order valence-electron chi connectivity index (χ4n) is 4.03. The normalized spacial score (nSPS) is 22.1. The van der Waals surface area contributed by atoms with Crippen molar-refractivity contribution in [1.82, 2.24) is 9.88 Å². The highest BCUT2D eigenvalue weighted by molar-refractivity contribution is 5.77. The molecule has 1 aliphatic heterocycles. The number of pyridine rings is 1. The summed E-state index contributed by atoms with van der Waals surface area (Å²) >= 11 is 0. The van der Waals surface area contributed by atoms with Gasteiger partial charge in [0, 0.05) is 18.4 Å². The van der Waals surface area contributed by atoms with E-state index >= 15 is 0 Å². The Morgan fingerprint density at radius 2 is 2.17 bits per heavy atom. The molecule has 132 valence electrons. The van der Waals surface area contributed by atoms with Gasteiger partial charge in [-0.15, -0.1) is 0 Å². The third-order valence-electron chi connectivity index (χ3n) is 5.72. The van der Waals surface area contributed by atoms with Crippen molar-refractivity contribution >= 4 is 5.97 Å². The van der Waals surface area contributed by atoms with Crippen LogP contribution >= 0.6 is 0 Å². The molecule has 4 nitrogen and oxygen atoms in total. The van der Waals surface area contributed by atoms with E-state index in [1.165, 1.54) is 18.4 Å². The van der Waals surface area contributed by atoms with Crippen LogP contribution in [0.25, 0.3) is 0 Å². The van der Waals surface area contributed by atoms with Gasteiger partial charge in [-0.2, -0.15) is 0 Å². The van der Waals surface area contributed by atoms with Crippen molar-refractivity contribution in [3.63, 3.8) is 0 Å². The summed E-state index contributed by atoms with van der Waals surface area (Å²) in [5.74, 6) is 0.810. The zero-order chi connectivity index (χ0) is 17.0. The summed E-state index contributed by atoms with van der Waals surface area (Å²) < 4.78 is 5.44. The van der Waals surface area contributed by atoms with Crippen molar-refractivity contribution < 1.29 is 9.53 Å². The molecular formula is C20H30N2O2. The molecule has 0 radical (unpaired) electrons. The molecule has 4 heteroatoms. The Kier molecular flexibility index (Phi) is 5.54. The Morgan fingerprint density at radius 3 is 2.75 bits per heavy atom. The van der Waals surface area contributed by atoms with Crippen LogP contribution in [0.1, 0.15) is 51.5 Å². The quantitative estimate of drug-likeness (QED) is 0.718. The van der Waals surface area contributed by atoms with Crippen LogP contribution in [0.5, 0.6) is 0 Å². The molecule has 0 N–H and O–H groups in total. The first-order valence-corrected chi connectivity index (χ1v) is 9.43. The largest absolute Gasteiger partial charge is 0.466 e. The first kappa shape index (κ1) is 17.4. The Hall–Kier alpha value is -1.42. The summed E-state index contributed by atoms with van der Waals surface area (Å²) in [7, 11) is 0. The molecule has 1 saturated heterocycles. The Morgan fingerprint density at radius 1 is 1.42 bits per heavy atom. The molecule has 2 heterocycles. The number of nitrogens with zero attached hydrogens (tertiary/aromatic N) is 2. The first-order valence-electron chi connectivity index (χ1n) is 9.43. The molecule has 1 aliphatic carbocycles. The molecule has 0 aromatic carbocycles. The zero-order valence-electron chi connectivity index (χ0n) is 15.0. The Bertz CT molecular complexity index is 534. The second-order valence-electron chi connectivity index (χ2n) is 7.60. The maximum absolute atomic E-state index is 12.6. The van der Waals surface area contributed by atoms with Crippen LogP contribution in [0.3, 0.4) is 0 Å². The van der Waals surface area contributed by atoms with Crippen molar-refractivity contribution in [3.05, 3.63) is 30.1 Å². The average molecular weight is 330 g/mol. The number of likely N-dealkylation sites (tertiary alicyclic amines) is 1. The van der Waals surface area contributed by atoms with E-state index in [2.05, 4.69) is 22.9 Å². The van der Waals surface area contributed by atoms with Gasteiger partial charge in [0.1, 0.15) is 0 Å². The maximum Gasteiger partial charge on any atom is 0.312 e. The number of aromatic nitrogens is 1. The highest BCUT2D eigenvalue weighted by Gasteiger charge is 2.46. The summed E-state index contributed by atoms with van der Waals surface area (Å²) in [6.45, 7) is 6.67. The number of hydrogen-bond acceptors (Lipinski definition) is 4. The van der Waals surface area contributed by atoms with E-state index in [0.29, 0.717) is 12.6 Å². The minimum absolute atomic E-state index is 0.0523. The van der Waals surface area contributed by atoms with Crippen LogP contribution in [0.4, 0.5) is 0 Å². The van der Waals surface area contributed by atoms with Gasteiger partial charge in [-0.25, -0.2) is 0 Å². The van der Waals surface area contributed by atoms with Crippen molar-refractivity contribution in [2.24, 2.45) is 11.3 Å². The standard InChI is InChI=1S/C20H30N2O2/c1-3-24-19(23)20(14-17-6-7-17)8-11-22(12-9-20)16(2)13-18-5-4-10-21-15-18/h4-5,10,15-17H,3,6-9,11-14H2,1-2H3. The number of esters is 1. The highest BCUT2D eigenvalue weighted by atomic mass is 16.5. The van der Waals surface area contributed by atoms with Gasteiger partial charge >= 0.3 is 5.97 Å². The summed E-state index contributed by atoms with van der Waals surface area (Å²) in [5, 5.41) is 0. The van der Waals surface area contributed by atoms with Gasteiger partial charge in [0.2, 0.25) is 0 Å². The molecule has 1 unspecified atom stereocenters. The molecule has 2 aliphatic rings. The third kappa shape index (κ3) is 4.15. The van der Waals surface area contributed by atoms with Crippen molar-refractivity contribution in [2.45, 2.75) is 58.4 Å². The van der Waals surface area contributed by atoms with Crippen molar-refractivity contribution in [1.29, 1.82) is 0 Å². The van der Waals surface area contributed by atoms with Crippen molar-refractivity contribution in [3.8, 4) is 0 Å². The maximum atomic E-state index is 12.6. The van der Waals surface area contributed by atoms with Crippen LogP contribution in [0.15, 0.2) is 24.5 Å². The summed E-state index contributed by atoms with van der Waals surface area (Å²) in [5.41, 5.74) is 1.06. The molecule has 1 aromatic rings. The fraction of sp³-hybridized carbons (Fsp3) is 0.700. The summed E-state index contributed by atoms with van der Waals surface area (Å²) in [6, 6.07) is 4.62. The number of piperidine rings is 1. The Labute approximate surface area is 145 Å². The highest BCUT2D eigenvalue weighted by Crippen LogP contribution is 2.46. The topological polar surface area (TPSA) is 42.4 Å². The van der Waals surface area contributed by atoms with E-state index in [-0.39, 0.29) is 11.4 Å². The number of rotatable bonds is 7. The molecule has 0 amide bonds. The molecule has 1 atom stereocenters. The van der Waals surface area contributed by atoms with Gasteiger partial charge in [-0.3, -0.25) is 9.78 Å². The number of ether oxygens (including phenoxy) is 1. The van der Waals surface area contributed by atoms with E-state index in [1.807, 2.05) is 25.4 Å². The van der Waals surface area contributed by atoms with Gasteiger partial charge < -0.3 is 9.64 Å². The summed E-state index contributed by atoms with van der Waals surface area (Å²) in [6.07, 6.45) is 10.3. The van der Waals surface area contributed by atoms with Crippen LogP contribution in [-0.4, -0.2) is 41.6 Å². The molecule has 0 spiro atoms. The Balaban J connectivity index is 1.58. The van der Waals surface area contributed by atoms with Gasteiger partial charge in [-0.1, -0.05) is 18.9 Å². The van der Waals surface area contributed by atoms with Crippen LogP contribution < -0.4 is 0 Å². The molecule has 1 saturated carbocycles. The lowest BCUT2D eigenvalue weighted by Crippen LogP contribution is -2.48. The number of carbonyl (C=O) groups is 1. The molecular weight excluding hydrogens is 300 g/mol. The van der Waals surface area contributed by atoms with E-state index in [0.717, 1.165) is 44.7 Å². The van der Waals surface area contributed by atoms with E-state index in [4.69, 9.17) is 4.74 Å².